The molecule has 100 valence electrons. The first-order chi connectivity index (χ1) is 7.78. The molecule has 0 aromatic carbocycles. The Hall–Kier alpha value is -0.940. The second kappa shape index (κ2) is 5.60. The van der Waals surface area contributed by atoms with Gasteiger partial charge in [-0.1, -0.05) is 13.8 Å². The lowest BCUT2D eigenvalue weighted by Gasteiger charge is -2.32. The molecule has 17 heavy (non-hydrogen) atoms. The number of halogens is 3. The molecule has 1 fully saturated rings. The van der Waals surface area contributed by atoms with E-state index in [4.69, 9.17) is 0 Å². The van der Waals surface area contributed by atoms with Gasteiger partial charge in [-0.3, -0.25) is 0 Å². The molecular formula is C11H19F3N2O. The molecule has 0 heterocycles. The average Bonchev–Trinajstić information content (AvgIpc) is 2.20. The summed E-state index contributed by atoms with van der Waals surface area (Å²) in [7, 11) is 0. The van der Waals surface area contributed by atoms with Gasteiger partial charge >= 0.3 is 12.2 Å². The Morgan fingerprint density at radius 2 is 1.88 bits per heavy atom. The summed E-state index contributed by atoms with van der Waals surface area (Å²) in [5, 5.41) is 4.41. The van der Waals surface area contributed by atoms with Gasteiger partial charge in [0.2, 0.25) is 0 Å². The van der Waals surface area contributed by atoms with Crippen LogP contribution in [-0.4, -0.2) is 24.8 Å². The van der Waals surface area contributed by atoms with Crippen molar-refractivity contribution in [1.29, 1.82) is 0 Å². The zero-order chi connectivity index (χ0) is 13.1. The van der Waals surface area contributed by atoms with Gasteiger partial charge in [-0.05, 0) is 31.1 Å². The van der Waals surface area contributed by atoms with Gasteiger partial charge in [-0.15, -0.1) is 0 Å². The highest BCUT2D eigenvalue weighted by Crippen LogP contribution is 2.29. The highest BCUT2D eigenvalue weighted by atomic mass is 19.4. The predicted molar refractivity (Wildman–Crippen MR) is 58.6 cm³/mol. The standard InChI is InChI=1S/C11H19F3N2O/c1-7-3-4-9(5-8(7)2)16-10(17)15-6-11(12,13)14/h7-9H,3-6H2,1-2H3,(H2,15,16,17). The van der Waals surface area contributed by atoms with Crippen molar-refractivity contribution in [1.82, 2.24) is 10.6 Å². The third-order valence-electron chi connectivity index (χ3n) is 3.38. The fourth-order valence-corrected chi connectivity index (χ4v) is 2.10. The van der Waals surface area contributed by atoms with Crippen molar-refractivity contribution in [2.24, 2.45) is 11.8 Å². The van der Waals surface area contributed by atoms with Crippen LogP contribution in [0, 0.1) is 11.8 Å². The smallest absolute Gasteiger partial charge is 0.335 e. The third-order valence-corrected chi connectivity index (χ3v) is 3.38. The molecule has 3 nitrogen and oxygen atoms in total. The first kappa shape index (κ1) is 14.1. The Balaban J connectivity index is 2.27. The largest absolute Gasteiger partial charge is 0.405 e. The van der Waals surface area contributed by atoms with E-state index in [0.717, 1.165) is 19.3 Å². The summed E-state index contributed by atoms with van der Waals surface area (Å²) in [5.74, 6) is 1.11. The number of carbonyl (C=O) groups is 1. The van der Waals surface area contributed by atoms with Crippen LogP contribution in [0.2, 0.25) is 0 Å². The van der Waals surface area contributed by atoms with Gasteiger partial charge in [0.25, 0.3) is 0 Å². The van der Waals surface area contributed by atoms with E-state index in [0.29, 0.717) is 11.8 Å². The van der Waals surface area contributed by atoms with Crippen molar-refractivity contribution in [3.05, 3.63) is 0 Å². The maximum atomic E-state index is 11.9. The Kier molecular flexibility index (Phi) is 4.65. The minimum Gasteiger partial charge on any atom is -0.335 e. The Labute approximate surface area is 99.1 Å². The zero-order valence-electron chi connectivity index (χ0n) is 10.1. The maximum Gasteiger partial charge on any atom is 0.405 e. The van der Waals surface area contributed by atoms with Gasteiger partial charge in [-0.25, -0.2) is 4.79 Å². The number of alkyl halides is 3. The van der Waals surface area contributed by atoms with Gasteiger partial charge in [0.05, 0.1) is 0 Å². The van der Waals surface area contributed by atoms with Gasteiger partial charge in [-0.2, -0.15) is 13.2 Å². The van der Waals surface area contributed by atoms with Crippen molar-refractivity contribution in [2.75, 3.05) is 6.54 Å². The molecule has 1 aliphatic carbocycles. The topological polar surface area (TPSA) is 41.1 Å². The van der Waals surface area contributed by atoms with Crippen molar-refractivity contribution < 1.29 is 18.0 Å². The van der Waals surface area contributed by atoms with E-state index in [1.807, 2.05) is 5.32 Å². The molecule has 1 rings (SSSR count). The van der Waals surface area contributed by atoms with E-state index >= 15 is 0 Å². The van der Waals surface area contributed by atoms with Crippen LogP contribution < -0.4 is 10.6 Å². The minimum absolute atomic E-state index is 0.00515. The van der Waals surface area contributed by atoms with Crippen LogP contribution in [0.15, 0.2) is 0 Å². The molecule has 0 spiro atoms. The van der Waals surface area contributed by atoms with Gasteiger partial charge < -0.3 is 10.6 Å². The molecule has 6 heteroatoms. The van der Waals surface area contributed by atoms with Gasteiger partial charge in [0.1, 0.15) is 6.54 Å². The summed E-state index contributed by atoms with van der Waals surface area (Å²) in [5.41, 5.74) is 0. The molecule has 1 saturated carbocycles. The highest BCUT2D eigenvalue weighted by molar-refractivity contribution is 5.74. The first-order valence-corrected chi connectivity index (χ1v) is 5.89. The lowest BCUT2D eigenvalue weighted by Crippen LogP contribution is -2.47. The molecule has 3 atom stereocenters. The van der Waals surface area contributed by atoms with Crippen molar-refractivity contribution >= 4 is 6.03 Å². The van der Waals surface area contributed by atoms with E-state index in [-0.39, 0.29) is 6.04 Å². The fraction of sp³-hybridized carbons (Fsp3) is 0.909. The maximum absolute atomic E-state index is 11.9. The molecule has 2 amide bonds. The van der Waals surface area contributed by atoms with Crippen LogP contribution in [0.4, 0.5) is 18.0 Å². The molecule has 0 radical (unpaired) electrons. The van der Waals surface area contributed by atoms with Crippen LogP contribution in [-0.2, 0) is 0 Å². The summed E-state index contributed by atoms with van der Waals surface area (Å²) in [4.78, 5) is 11.2. The van der Waals surface area contributed by atoms with E-state index in [1.54, 1.807) is 0 Å². The summed E-state index contributed by atoms with van der Waals surface area (Å²) in [6.45, 7) is 2.98. The molecule has 0 bridgehead atoms. The minimum atomic E-state index is -4.36. The number of amides is 2. The number of hydrogen-bond acceptors (Lipinski definition) is 1. The van der Waals surface area contributed by atoms with Crippen molar-refractivity contribution in [3.63, 3.8) is 0 Å². The summed E-state index contributed by atoms with van der Waals surface area (Å²) in [6, 6.07) is -0.733. The number of urea groups is 1. The van der Waals surface area contributed by atoms with E-state index in [9.17, 15) is 18.0 Å². The van der Waals surface area contributed by atoms with Crippen LogP contribution in [0.25, 0.3) is 0 Å². The van der Waals surface area contributed by atoms with Crippen molar-refractivity contribution in [3.8, 4) is 0 Å². The first-order valence-electron chi connectivity index (χ1n) is 5.89. The molecule has 0 aromatic heterocycles. The van der Waals surface area contributed by atoms with Gasteiger partial charge in [0.15, 0.2) is 0 Å². The molecule has 3 unspecified atom stereocenters. The number of nitrogens with one attached hydrogen (secondary N) is 2. The zero-order valence-corrected chi connectivity index (χ0v) is 10.1. The fourth-order valence-electron chi connectivity index (χ4n) is 2.10. The third kappa shape index (κ3) is 5.28. The molecule has 0 aliphatic heterocycles. The SMILES string of the molecule is CC1CCC(NC(=O)NCC(F)(F)F)CC1C. The van der Waals surface area contributed by atoms with Crippen LogP contribution in [0.5, 0.6) is 0 Å². The van der Waals surface area contributed by atoms with E-state index in [1.165, 1.54) is 0 Å². The van der Waals surface area contributed by atoms with Crippen LogP contribution >= 0.6 is 0 Å². The number of rotatable bonds is 2. The predicted octanol–water partition coefficient (Wildman–Crippen LogP) is 2.67. The molecule has 0 aromatic rings. The normalized spacial score (nSPS) is 29.8. The monoisotopic (exact) mass is 252 g/mol. The summed E-state index contributed by atoms with van der Waals surface area (Å²) < 4.78 is 35.6. The molecule has 0 saturated heterocycles. The van der Waals surface area contributed by atoms with E-state index < -0.39 is 18.8 Å². The Morgan fingerprint density at radius 3 is 2.41 bits per heavy atom. The number of hydrogen-bond donors (Lipinski definition) is 2. The lowest BCUT2D eigenvalue weighted by atomic mass is 9.79. The second-order valence-corrected chi connectivity index (χ2v) is 4.91. The molecular weight excluding hydrogens is 233 g/mol. The molecule has 1 aliphatic rings. The van der Waals surface area contributed by atoms with Crippen LogP contribution in [0.3, 0.4) is 0 Å². The van der Waals surface area contributed by atoms with E-state index in [2.05, 4.69) is 19.2 Å². The second-order valence-electron chi connectivity index (χ2n) is 4.91. The quantitative estimate of drug-likeness (QED) is 0.779. The average molecular weight is 252 g/mol. The summed E-state index contributed by atoms with van der Waals surface area (Å²) >= 11 is 0. The van der Waals surface area contributed by atoms with Gasteiger partial charge in [0, 0.05) is 6.04 Å². The molecule has 2 N–H and O–H groups in total. The van der Waals surface area contributed by atoms with Crippen molar-refractivity contribution in [2.45, 2.75) is 45.3 Å². The summed E-state index contributed by atoms with van der Waals surface area (Å²) in [6.07, 6.45) is -1.68. The Morgan fingerprint density at radius 1 is 1.24 bits per heavy atom. The lowest BCUT2D eigenvalue weighted by molar-refractivity contribution is -0.122. The Bertz CT molecular complexity index is 268. The number of carbonyl (C=O) groups excluding carboxylic acids is 1. The highest BCUT2D eigenvalue weighted by Gasteiger charge is 2.29. The van der Waals surface area contributed by atoms with Crippen LogP contribution in [0.1, 0.15) is 33.1 Å².